The number of rotatable bonds is 7. The minimum Gasteiger partial charge on any atom is -0.419 e. The molecule has 0 atom stereocenters. The highest BCUT2D eigenvalue weighted by atomic mass is 16.6. The van der Waals surface area contributed by atoms with E-state index in [1.54, 1.807) is 18.2 Å². The van der Waals surface area contributed by atoms with Crippen LogP contribution in [0, 0.1) is 27.7 Å². The summed E-state index contributed by atoms with van der Waals surface area (Å²) >= 11 is 0. The second-order valence-corrected chi connectivity index (χ2v) is 10.1. The molecular formula is C30H33NO5. The fraction of sp³-hybridized carbons (Fsp3) is 0.300. The summed E-state index contributed by atoms with van der Waals surface area (Å²) < 4.78 is 11.4. The van der Waals surface area contributed by atoms with Crippen molar-refractivity contribution in [2.45, 2.75) is 54.0 Å². The third-order valence-electron chi connectivity index (χ3n) is 5.68. The first-order valence-electron chi connectivity index (χ1n) is 11.9. The molecule has 0 fully saturated rings. The van der Waals surface area contributed by atoms with Crippen molar-refractivity contribution in [3.63, 3.8) is 0 Å². The maximum Gasteiger partial charge on any atom is 0.343 e. The molecular weight excluding hydrogens is 454 g/mol. The predicted octanol–water partition coefficient (Wildman–Crippen LogP) is 5.93. The zero-order chi connectivity index (χ0) is 26.6. The van der Waals surface area contributed by atoms with E-state index in [1.165, 1.54) is 12.1 Å². The Bertz CT molecular complexity index is 1320. The van der Waals surface area contributed by atoms with Gasteiger partial charge in [-0.05, 0) is 89.9 Å². The lowest BCUT2D eigenvalue weighted by Gasteiger charge is -2.20. The first-order valence-corrected chi connectivity index (χ1v) is 11.9. The first kappa shape index (κ1) is 26.8. The van der Waals surface area contributed by atoms with Gasteiger partial charge in [-0.25, -0.2) is 9.59 Å². The van der Waals surface area contributed by atoms with E-state index >= 15 is 0 Å². The van der Waals surface area contributed by atoms with E-state index in [4.69, 9.17) is 9.47 Å². The van der Waals surface area contributed by atoms with E-state index in [-0.39, 0.29) is 29.4 Å². The van der Waals surface area contributed by atoms with Crippen molar-refractivity contribution in [2.75, 3.05) is 6.54 Å². The minimum absolute atomic E-state index is 0.00108. The van der Waals surface area contributed by atoms with Crippen molar-refractivity contribution in [1.29, 1.82) is 0 Å². The van der Waals surface area contributed by atoms with Gasteiger partial charge in [0, 0.05) is 11.1 Å². The molecule has 3 rings (SSSR count). The molecule has 1 N–H and O–H groups in total. The van der Waals surface area contributed by atoms with Crippen molar-refractivity contribution < 1.29 is 23.9 Å². The smallest absolute Gasteiger partial charge is 0.343 e. The minimum atomic E-state index is -0.599. The molecule has 3 aromatic carbocycles. The van der Waals surface area contributed by atoms with Gasteiger partial charge in [0.05, 0.1) is 17.7 Å². The average Bonchev–Trinajstić information content (AvgIpc) is 2.81. The Kier molecular flexibility index (Phi) is 8.10. The van der Waals surface area contributed by atoms with E-state index in [2.05, 4.69) is 5.32 Å². The van der Waals surface area contributed by atoms with E-state index < -0.39 is 11.9 Å². The van der Waals surface area contributed by atoms with Crippen LogP contribution in [0.25, 0.3) is 0 Å². The molecule has 0 saturated carbocycles. The Labute approximate surface area is 212 Å². The lowest BCUT2D eigenvalue weighted by Crippen LogP contribution is -2.39. The van der Waals surface area contributed by atoms with Gasteiger partial charge in [-0.15, -0.1) is 0 Å². The van der Waals surface area contributed by atoms with E-state index in [0.29, 0.717) is 16.7 Å². The molecule has 0 amide bonds. The molecule has 6 nitrogen and oxygen atoms in total. The molecule has 0 heterocycles. The number of ketones is 1. The van der Waals surface area contributed by atoms with Crippen LogP contribution >= 0.6 is 0 Å². The van der Waals surface area contributed by atoms with Crippen molar-refractivity contribution in [3.8, 4) is 11.5 Å². The monoisotopic (exact) mass is 487 g/mol. The van der Waals surface area contributed by atoms with Gasteiger partial charge in [0.1, 0.15) is 0 Å². The molecule has 0 spiro atoms. The Hall–Kier alpha value is -3.77. The van der Waals surface area contributed by atoms with Crippen LogP contribution in [-0.4, -0.2) is 29.8 Å². The van der Waals surface area contributed by atoms with Crippen LogP contribution in [0.4, 0.5) is 0 Å². The number of carbonyl (C=O) groups is 3. The molecule has 0 aliphatic heterocycles. The number of carbonyl (C=O) groups excluding carboxylic acids is 3. The Morgan fingerprint density at radius 3 is 1.69 bits per heavy atom. The van der Waals surface area contributed by atoms with Gasteiger partial charge in [0.25, 0.3) is 0 Å². The fourth-order valence-electron chi connectivity index (χ4n) is 3.51. The standard InChI is InChI=1S/C30H33NO5/c1-18-8-10-20(3)23(14-18)28(33)35-26-13-12-22(25(32)17-31-30(5,6)7)16-27(26)36-29(34)24-15-19(2)9-11-21(24)4/h8-16,31H,17H2,1-7H3. The zero-order valence-corrected chi connectivity index (χ0v) is 21.9. The van der Waals surface area contributed by atoms with Crippen LogP contribution in [0.2, 0.25) is 0 Å². The molecule has 0 saturated heterocycles. The number of hydrogen-bond donors (Lipinski definition) is 1. The van der Waals surface area contributed by atoms with Crippen LogP contribution in [0.15, 0.2) is 54.6 Å². The summed E-state index contributed by atoms with van der Waals surface area (Å²) in [6.07, 6.45) is 0. The summed E-state index contributed by atoms with van der Waals surface area (Å²) in [5, 5.41) is 3.16. The van der Waals surface area contributed by atoms with Crippen LogP contribution in [0.3, 0.4) is 0 Å². The summed E-state index contributed by atoms with van der Waals surface area (Å²) in [6.45, 7) is 13.4. The fourth-order valence-corrected chi connectivity index (χ4v) is 3.51. The SMILES string of the molecule is Cc1ccc(C)c(C(=O)Oc2ccc(C(=O)CNC(C)(C)C)cc2OC(=O)c2cc(C)ccc2C)c1. The number of aryl methyl sites for hydroxylation is 4. The third-order valence-corrected chi connectivity index (χ3v) is 5.68. The molecule has 0 bridgehead atoms. The van der Waals surface area contributed by atoms with Crippen LogP contribution in [-0.2, 0) is 0 Å². The molecule has 0 aliphatic rings. The largest absolute Gasteiger partial charge is 0.419 e. The highest BCUT2D eigenvalue weighted by Gasteiger charge is 2.21. The van der Waals surface area contributed by atoms with Gasteiger partial charge >= 0.3 is 11.9 Å². The quantitative estimate of drug-likeness (QED) is 0.253. The maximum atomic E-state index is 13.1. The number of hydrogen-bond acceptors (Lipinski definition) is 6. The Balaban J connectivity index is 1.96. The Morgan fingerprint density at radius 1 is 0.694 bits per heavy atom. The molecule has 0 unspecified atom stereocenters. The van der Waals surface area contributed by atoms with Crippen molar-refractivity contribution in [3.05, 3.63) is 93.5 Å². The number of benzene rings is 3. The molecule has 6 heteroatoms. The summed E-state index contributed by atoms with van der Waals surface area (Å²) in [5.74, 6) is -1.30. The van der Waals surface area contributed by atoms with Crippen LogP contribution in [0.1, 0.15) is 74.1 Å². The molecule has 0 radical (unpaired) electrons. The normalized spacial score (nSPS) is 11.2. The van der Waals surface area contributed by atoms with E-state index in [9.17, 15) is 14.4 Å². The summed E-state index contributed by atoms with van der Waals surface area (Å²) in [5.41, 5.74) is 4.24. The number of nitrogens with one attached hydrogen (secondary N) is 1. The number of ether oxygens (including phenoxy) is 2. The van der Waals surface area contributed by atoms with Gasteiger partial charge in [0.15, 0.2) is 17.3 Å². The van der Waals surface area contributed by atoms with Crippen molar-refractivity contribution >= 4 is 17.7 Å². The van der Waals surface area contributed by atoms with Gasteiger partial charge in [-0.1, -0.05) is 35.4 Å². The van der Waals surface area contributed by atoms with Gasteiger partial charge < -0.3 is 14.8 Å². The van der Waals surface area contributed by atoms with Gasteiger partial charge in [-0.3, -0.25) is 4.79 Å². The van der Waals surface area contributed by atoms with Gasteiger partial charge in [0.2, 0.25) is 0 Å². The molecule has 188 valence electrons. The van der Waals surface area contributed by atoms with Crippen molar-refractivity contribution in [2.24, 2.45) is 0 Å². The summed E-state index contributed by atoms with van der Waals surface area (Å²) in [4.78, 5) is 38.9. The predicted molar refractivity (Wildman–Crippen MR) is 140 cm³/mol. The summed E-state index contributed by atoms with van der Waals surface area (Å²) in [7, 11) is 0. The lowest BCUT2D eigenvalue weighted by molar-refractivity contribution is 0.0681. The molecule has 0 aromatic heterocycles. The van der Waals surface area contributed by atoms with E-state index in [1.807, 2.05) is 72.7 Å². The number of esters is 2. The van der Waals surface area contributed by atoms with Gasteiger partial charge in [-0.2, -0.15) is 0 Å². The topological polar surface area (TPSA) is 81.7 Å². The third kappa shape index (κ3) is 6.89. The summed E-state index contributed by atoms with van der Waals surface area (Å²) in [6, 6.07) is 15.5. The maximum absolute atomic E-state index is 13.1. The highest BCUT2D eigenvalue weighted by Crippen LogP contribution is 2.31. The van der Waals surface area contributed by atoms with Crippen LogP contribution in [0.5, 0.6) is 11.5 Å². The number of Topliss-reactive ketones (excluding diaryl/α,β-unsaturated/α-hetero) is 1. The zero-order valence-electron chi connectivity index (χ0n) is 21.9. The molecule has 36 heavy (non-hydrogen) atoms. The van der Waals surface area contributed by atoms with E-state index in [0.717, 1.165) is 22.3 Å². The average molecular weight is 488 g/mol. The van der Waals surface area contributed by atoms with Crippen LogP contribution < -0.4 is 14.8 Å². The lowest BCUT2D eigenvalue weighted by atomic mass is 10.1. The molecule has 3 aromatic rings. The first-order chi connectivity index (χ1) is 16.8. The second kappa shape index (κ2) is 10.9. The Morgan fingerprint density at radius 2 is 1.19 bits per heavy atom. The molecule has 0 aliphatic carbocycles. The second-order valence-electron chi connectivity index (χ2n) is 10.1. The van der Waals surface area contributed by atoms with Crippen molar-refractivity contribution in [1.82, 2.24) is 5.32 Å². The highest BCUT2D eigenvalue weighted by molar-refractivity contribution is 5.99.